The van der Waals surface area contributed by atoms with E-state index in [4.69, 9.17) is 0 Å². The van der Waals surface area contributed by atoms with Crippen LogP contribution in [0.15, 0.2) is 24.3 Å². The second-order valence-corrected chi connectivity index (χ2v) is 9.79. The lowest BCUT2D eigenvalue weighted by molar-refractivity contribution is -0.139. The highest BCUT2D eigenvalue weighted by Gasteiger charge is 2.54. The molecule has 1 spiro atoms. The van der Waals surface area contributed by atoms with Crippen molar-refractivity contribution in [2.45, 2.75) is 57.5 Å². The molecule has 3 aliphatic heterocycles. The molecule has 7 nitrogen and oxygen atoms in total. The van der Waals surface area contributed by atoms with E-state index in [1.165, 1.54) is 11.0 Å². The Bertz CT molecular complexity index is 882. The molecule has 1 atom stereocenters. The van der Waals surface area contributed by atoms with E-state index in [1.54, 1.807) is 23.1 Å². The Hall–Kier alpha value is -2.48. The summed E-state index contributed by atoms with van der Waals surface area (Å²) in [5, 5.41) is 2.99. The van der Waals surface area contributed by atoms with Gasteiger partial charge in [-0.15, -0.1) is 0 Å². The molecule has 3 aliphatic rings. The number of carbonyl (C=O) groups excluding carboxylic acids is 3. The van der Waals surface area contributed by atoms with Gasteiger partial charge in [-0.25, -0.2) is 9.18 Å². The van der Waals surface area contributed by atoms with Gasteiger partial charge in [-0.1, -0.05) is 32.0 Å². The Morgan fingerprint density at radius 1 is 1.19 bits per heavy atom. The lowest BCUT2D eigenvalue weighted by Crippen LogP contribution is -2.56. The summed E-state index contributed by atoms with van der Waals surface area (Å²) in [5.74, 6) is -0.164. The number of halogens is 1. The summed E-state index contributed by atoms with van der Waals surface area (Å²) in [6.45, 7) is 7.79. The van der Waals surface area contributed by atoms with E-state index < -0.39 is 11.4 Å². The number of nitrogens with one attached hydrogen (secondary N) is 1. The van der Waals surface area contributed by atoms with Crippen LogP contribution < -0.4 is 5.32 Å². The molecule has 0 saturated carbocycles. The molecular formula is C24H33FN4O3. The fraction of sp³-hybridized carbons (Fsp3) is 0.625. The molecular weight excluding hydrogens is 411 g/mol. The van der Waals surface area contributed by atoms with Crippen molar-refractivity contribution < 1.29 is 18.8 Å². The molecule has 0 aromatic heterocycles. The third kappa shape index (κ3) is 4.51. The van der Waals surface area contributed by atoms with E-state index in [2.05, 4.69) is 24.1 Å². The van der Waals surface area contributed by atoms with Crippen LogP contribution >= 0.6 is 0 Å². The van der Waals surface area contributed by atoms with Gasteiger partial charge in [0.2, 0.25) is 5.91 Å². The van der Waals surface area contributed by atoms with Gasteiger partial charge in [-0.3, -0.25) is 14.5 Å². The van der Waals surface area contributed by atoms with Gasteiger partial charge in [-0.05, 0) is 43.2 Å². The molecule has 0 aliphatic carbocycles. The molecule has 174 valence electrons. The summed E-state index contributed by atoms with van der Waals surface area (Å²) in [7, 11) is 0. The highest BCUT2D eigenvalue weighted by Crippen LogP contribution is 2.32. The molecule has 3 heterocycles. The molecule has 8 heteroatoms. The van der Waals surface area contributed by atoms with Gasteiger partial charge in [-0.2, -0.15) is 0 Å². The van der Waals surface area contributed by atoms with Gasteiger partial charge < -0.3 is 15.1 Å². The summed E-state index contributed by atoms with van der Waals surface area (Å²) in [5.41, 5.74) is -0.453. The lowest BCUT2D eigenvalue weighted by atomic mass is 9.86. The molecule has 3 fully saturated rings. The van der Waals surface area contributed by atoms with Gasteiger partial charge in [0.05, 0.1) is 12.5 Å². The molecule has 3 saturated heterocycles. The molecule has 1 aromatic carbocycles. The number of piperidine rings is 2. The van der Waals surface area contributed by atoms with Crippen LogP contribution in [0.3, 0.4) is 0 Å². The first-order valence-corrected chi connectivity index (χ1v) is 11.7. The molecule has 0 bridgehead atoms. The predicted molar refractivity (Wildman–Crippen MR) is 118 cm³/mol. The minimum atomic E-state index is -0.815. The standard InChI is InChI=1S/C24H33FN4O3/c1-17(2)15-27-12-9-24(10-13-27)22(31)29(23(32)26-24)19-7-5-11-28(16-19)21(30)14-18-6-3-4-8-20(18)25/h3-4,6,8,17,19H,5,7,9-16H2,1-2H3,(H,26,32)/t19-/m0/s1. The first-order valence-electron chi connectivity index (χ1n) is 11.7. The third-order valence-corrected chi connectivity index (χ3v) is 6.94. The van der Waals surface area contributed by atoms with Crippen LogP contribution in [-0.4, -0.2) is 76.8 Å². The van der Waals surface area contributed by atoms with Crippen molar-refractivity contribution >= 4 is 17.8 Å². The minimum absolute atomic E-state index is 0.0187. The average Bonchev–Trinajstić information content (AvgIpc) is 3.00. The number of hydrogen-bond acceptors (Lipinski definition) is 4. The number of likely N-dealkylation sites (tertiary alicyclic amines) is 2. The maximum Gasteiger partial charge on any atom is 0.325 e. The Kier molecular flexibility index (Phi) is 6.51. The number of nitrogens with zero attached hydrogens (tertiary/aromatic N) is 3. The second kappa shape index (κ2) is 9.17. The second-order valence-electron chi connectivity index (χ2n) is 9.79. The van der Waals surface area contributed by atoms with Crippen LogP contribution in [0, 0.1) is 11.7 Å². The van der Waals surface area contributed by atoms with Crippen LogP contribution in [0.1, 0.15) is 45.1 Å². The van der Waals surface area contributed by atoms with Crippen molar-refractivity contribution in [3.8, 4) is 0 Å². The van der Waals surface area contributed by atoms with Crippen LogP contribution in [0.5, 0.6) is 0 Å². The first-order chi connectivity index (χ1) is 15.3. The molecule has 0 radical (unpaired) electrons. The largest absolute Gasteiger partial charge is 0.340 e. The maximum absolute atomic E-state index is 14.0. The number of carbonyl (C=O) groups is 3. The molecule has 32 heavy (non-hydrogen) atoms. The van der Waals surface area contributed by atoms with Gasteiger partial charge >= 0.3 is 6.03 Å². The first kappa shape index (κ1) is 22.7. The maximum atomic E-state index is 14.0. The van der Waals surface area contributed by atoms with E-state index in [1.807, 2.05) is 0 Å². The molecule has 1 N–H and O–H groups in total. The fourth-order valence-electron chi connectivity index (χ4n) is 5.25. The van der Waals surface area contributed by atoms with E-state index >= 15 is 0 Å². The average molecular weight is 445 g/mol. The highest BCUT2D eigenvalue weighted by atomic mass is 19.1. The molecule has 4 amide bonds. The number of amides is 4. The number of urea groups is 1. The third-order valence-electron chi connectivity index (χ3n) is 6.94. The van der Waals surface area contributed by atoms with Crippen LogP contribution in [-0.2, 0) is 16.0 Å². The number of hydrogen-bond donors (Lipinski definition) is 1. The van der Waals surface area contributed by atoms with E-state index in [9.17, 15) is 18.8 Å². The number of benzene rings is 1. The summed E-state index contributed by atoms with van der Waals surface area (Å²) < 4.78 is 14.0. The minimum Gasteiger partial charge on any atom is -0.340 e. The zero-order chi connectivity index (χ0) is 22.9. The van der Waals surface area contributed by atoms with Gasteiger partial charge in [0.1, 0.15) is 11.4 Å². The van der Waals surface area contributed by atoms with Gasteiger partial charge in [0.15, 0.2) is 0 Å². The van der Waals surface area contributed by atoms with Crippen LogP contribution in [0.2, 0.25) is 0 Å². The van der Waals surface area contributed by atoms with Crippen molar-refractivity contribution in [1.82, 2.24) is 20.0 Å². The highest BCUT2D eigenvalue weighted by molar-refractivity contribution is 6.07. The summed E-state index contributed by atoms with van der Waals surface area (Å²) in [6.07, 6.45) is 2.60. The van der Waals surface area contributed by atoms with E-state index in [0.717, 1.165) is 19.6 Å². The zero-order valence-electron chi connectivity index (χ0n) is 19.0. The Labute approximate surface area is 188 Å². The molecule has 4 rings (SSSR count). The predicted octanol–water partition coefficient (Wildman–Crippen LogP) is 2.40. The van der Waals surface area contributed by atoms with Gasteiger partial charge in [0.25, 0.3) is 5.91 Å². The summed E-state index contributed by atoms with van der Waals surface area (Å²) in [6, 6.07) is 5.59. The van der Waals surface area contributed by atoms with E-state index in [-0.39, 0.29) is 30.3 Å². The molecule has 0 unspecified atom stereocenters. The van der Waals surface area contributed by atoms with Crippen molar-refractivity contribution in [2.24, 2.45) is 5.92 Å². The summed E-state index contributed by atoms with van der Waals surface area (Å²) in [4.78, 5) is 44.4. The van der Waals surface area contributed by atoms with Crippen LogP contribution in [0.25, 0.3) is 0 Å². The van der Waals surface area contributed by atoms with Crippen molar-refractivity contribution in [3.63, 3.8) is 0 Å². The van der Waals surface area contributed by atoms with Crippen molar-refractivity contribution in [2.75, 3.05) is 32.7 Å². The van der Waals surface area contributed by atoms with Gasteiger partial charge in [0, 0.05) is 32.7 Å². The van der Waals surface area contributed by atoms with E-state index in [0.29, 0.717) is 50.3 Å². The molecule has 1 aromatic rings. The van der Waals surface area contributed by atoms with Crippen LogP contribution in [0.4, 0.5) is 9.18 Å². The quantitative estimate of drug-likeness (QED) is 0.708. The number of imide groups is 1. The van der Waals surface area contributed by atoms with Crippen molar-refractivity contribution in [1.29, 1.82) is 0 Å². The Balaban J connectivity index is 1.40. The SMILES string of the molecule is CC(C)CN1CCC2(CC1)NC(=O)N([C@H]1CCCN(C(=O)Cc3ccccc3F)C1)C2=O. The Morgan fingerprint density at radius 3 is 2.59 bits per heavy atom. The normalized spacial score (nSPS) is 23.8. The fourth-order valence-corrected chi connectivity index (χ4v) is 5.25. The monoisotopic (exact) mass is 444 g/mol. The smallest absolute Gasteiger partial charge is 0.325 e. The lowest BCUT2D eigenvalue weighted by Gasteiger charge is -2.39. The topological polar surface area (TPSA) is 73.0 Å². The van der Waals surface area contributed by atoms with Crippen molar-refractivity contribution in [3.05, 3.63) is 35.6 Å². The number of rotatable bonds is 5. The zero-order valence-corrected chi connectivity index (χ0v) is 19.0. The Morgan fingerprint density at radius 2 is 1.91 bits per heavy atom. The summed E-state index contributed by atoms with van der Waals surface area (Å²) >= 11 is 0.